The highest BCUT2D eigenvalue weighted by molar-refractivity contribution is 5.32. The molecule has 5 nitrogen and oxygen atoms in total. The van der Waals surface area contributed by atoms with Gasteiger partial charge in [-0.15, -0.1) is 0 Å². The highest BCUT2D eigenvalue weighted by Gasteiger charge is 2.16. The Labute approximate surface area is 102 Å². The summed E-state index contributed by atoms with van der Waals surface area (Å²) in [5, 5.41) is 0. The van der Waals surface area contributed by atoms with Gasteiger partial charge >= 0.3 is 0 Å². The number of nitrogens with zero attached hydrogens (tertiary/aromatic N) is 2. The van der Waals surface area contributed by atoms with Crippen molar-refractivity contribution in [3.8, 4) is 5.88 Å². The molecular weight excluding hydrogens is 218 g/mol. The van der Waals surface area contributed by atoms with E-state index in [0.717, 1.165) is 12.8 Å². The maximum atomic E-state index is 5.66. The summed E-state index contributed by atoms with van der Waals surface area (Å²) in [5.41, 5.74) is 5.47. The smallest absolute Gasteiger partial charge is 0.218 e. The Morgan fingerprint density at radius 1 is 1.35 bits per heavy atom. The molecule has 0 atom stereocenters. The Hall–Kier alpha value is -1.36. The SMILES string of the molecule is CCc1nc(N)cc(OCCC(C)(C)OC)n1. The summed E-state index contributed by atoms with van der Waals surface area (Å²) < 4.78 is 10.9. The Morgan fingerprint density at radius 3 is 2.65 bits per heavy atom. The fraction of sp³-hybridized carbons (Fsp3) is 0.667. The second kappa shape index (κ2) is 5.82. The van der Waals surface area contributed by atoms with Crippen molar-refractivity contribution in [2.45, 2.75) is 39.2 Å². The first-order chi connectivity index (χ1) is 7.96. The minimum absolute atomic E-state index is 0.188. The summed E-state index contributed by atoms with van der Waals surface area (Å²) in [6.45, 7) is 6.55. The normalized spacial score (nSPS) is 11.5. The summed E-state index contributed by atoms with van der Waals surface area (Å²) >= 11 is 0. The standard InChI is InChI=1S/C12H21N3O2/c1-5-10-14-9(13)8-11(15-10)17-7-6-12(2,3)16-4/h8H,5-7H2,1-4H3,(H2,13,14,15). The van der Waals surface area contributed by atoms with E-state index in [2.05, 4.69) is 9.97 Å². The molecule has 0 saturated heterocycles. The van der Waals surface area contributed by atoms with Crippen LogP contribution in [-0.4, -0.2) is 29.3 Å². The number of hydrogen-bond acceptors (Lipinski definition) is 5. The first kappa shape index (κ1) is 13.7. The minimum atomic E-state index is -0.188. The summed E-state index contributed by atoms with van der Waals surface area (Å²) in [6.07, 6.45) is 1.53. The molecule has 0 aliphatic carbocycles. The molecule has 0 bridgehead atoms. The van der Waals surface area contributed by atoms with Gasteiger partial charge in [-0.05, 0) is 13.8 Å². The monoisotopic (exact) mass is 239 g/mol. The zero-order valence-corrected chi connectivity index (χ0v) is 11.0. The molecule has 2 N–H and O–H groups in total. The molecule has 1 aromatic heterocycles. The number of methoxy groups -OCH3 is 1. The second-order valence-corrected chi connectivity index (χ2v) is 4.46. The van der Waals surface area contributed by atoms with Gasteiger partial charge in [-0.2, -0.15) is 4.98 Å². The van der Waals surface area contributed by atoms with Crippen molar-refractivity contribution < 1.29 is 9.47 Å². The molecule has 1 rings (SSSR count). The van der Waals surface area contributed by atoms with E-state index in [4.69, 9.17) is 15.2 Å². The van der Waals surface area contributed by atoms with Crippen LogP contribution in [0.3, 0.4) is 0 Å². The molecule has 0 aliphatic heterocycles. The summed E-state index contributed by atoms with van der Waals surface area (Å²) in [6, 6.07) is 1.64. The zero-order chi connectivity index (χ0) is 12.9. The second-order valence-electron chi connectivity index (χ2n) is 4.46. The lowest BCUT2D eigenvalue weighted by Gasteiger charge is -2.22. The highest BCUT2D eigenvalue weighted by atomic mass is 16.5. The molecule has 0 aliphatic rings. The highest BCUT2D eigenvalue weighted by Crippen LogP contribution is 2.15. The number of nitrogen functional groups attached to an aromatic ring is 1. The molecule has 0 spiro atoms. The minimum Gasteiger partial charge on any atom is -0.477 e. The summed E-state index contributed by atoms with van der Waals surface area (Å²) in [7, 11) is 1.69. The number of anilines is 1. The first-order valence-electron chi connectivity index (χ1n) is 5.78. The topological polar surface area (TPSA) is 70.3 Å². The van der Waals surface area contributed by atoms with Crippen molar-refractivity contribution in [1.29, 1.82) is 0 Å². The Morgan fingerprint density at radius 2 is 2.06 bits per heavy atom. The van der Waals surface area contributed by atoms with Crippen LogP contribution in [0, 0.1) is 0 Å². The maximum absolute atomic E-state index is 5.66. The van der Waals surface area contributed by atoms with E-state index >= 15 is 0 Å². The van der Waals surface area contributed by atoms with Crippen LogP contribution in [0.4, 0.5) is 5.82 Å². The van der Waals surface area contributed by atoms with Crippen LogP contribution in [-0.2, 0) is 11.2 Å². The number of aryl methyl sites for hydroxylation is 1. The molecule has 0 amide bonds. The third kappa shape index (κ3) is 4.56. The average molecular weight is 239 g/mol. The number of nitrogens with two attached hydrogens (primary N) is 1. The molecule has 1 aromatic rings. The molecule has 0 unspecified atom stereocenters. The van der Waals surface area contributed by atoms with E-state index in [1.807, 2.05) is 20.8 Å². The van der Waals surface area contributed by atoms with Gasteiger partial charge in [0.2, 0.25) is 5.88 Å². The zero-order valence-electron chi connectivity index (χ0n) is 11.0. The van der Waals surface area contributed by atoms with Crippen LogP contribution in [0.15, 0.2) is 6.07 Å². The van der Waals surface area contributed by atoms with Crippen LogP contribution < -0.4 is 10.5 Å². The molecule has 0 radical (unpaired) electrons. The largest absolute Gasteiger partial charge is 0.477 e. The van der Waals surface area contributed by atoms with E-state index in [-0.39, 0.29) is 5.60 Å². The fourth-order valence-electron chi connectivity index (χ4n) is 1.23. The molecule has 96 valence electrons. The van der Waals surface area contributed by atoms with Gasteiger partial charge in [-0.25, -0.2) is 4.98 Å². The number of aromatic nitrogens is 2. The van der Waals surface area contributed by atoms with Crippen LogP contribution in [0.5, 0.6) is 5.88 Å². The predicted octanol–water partition coefficient (Wildman–Crippen LogP) is 1.82. The van der Waals surface area contributed by atoms with Crippen LogP contribution in [0.1, 0.15) is 33.0 Å². The van der Waals surface area contributed by atoms with Crippen molar-refractivity contribution in [3.05, 3.63) is 11.9 Å². The predicted molar refractivity (Wildman–Crippen MR) is 67.0 cm³/mol. The molecule has 17 heavy (non-hydrogen) atoms. The summed E-state index contributed by atoms with van der Waals surface area (Å²) in [5.74, 6) is 1.67. The van der Waals surface area contributed by atoms with Gasteiger partial charge in [0, 0.05) is 26.0 Å². The van der Waals surface area contributed by atoms with Gasteiger partial charge in [0.25, 0.3) is 0 Å². The number of hydrogen-bond donors (Lipinski definition) is 1. The Bertz CT molecular complexity index is 367. The van der Waals surface area contributed by atoms with E-state index < -0.39 is 0 Å². The summed E-state index contributed by atoms with van der Waals surface area (Å²) in [4.78, 5) is 8.33. The van der Waals surface area contributed by atoms with Crippen molar-refractivity contribution in [2.24, 2.45) is 0 Å². The van der Waals surface area contributed by atoms with Crippen LogP contribution >= 0.6 is 0 Å². The van der Waals surface area contributed by atoms with Crippen LogP contribution in [0.25, 0.3) is 0 Å². The van der Waals surface area contributed by atoms with Crippen molar-refractivity contribution in [1.82, 2.24) is 9.97 Å². The van der Waals surface area contributed by atoms with E-state index in [9.17, 15) is 0 Å². The molecular formula is C12H21N3O2. The lowest BCUT2D eigenvalue weighted by atomic mass is 10.1. The molecule has 0 saturated carbocycles. The molecule has 1 heterocycles. The average Bonchev–Trinajstić information content (AvgIpc) is 2.28. The quantitative estimate of drug-likeness (QED) is 0.819. The van der Waals surface area contributed by atoms with Gasteiger partial charge in [-0.3, -0.25) is 0 Å². The maximum Gasteiger partial charge on any atom is 0.218 e. The lowest BCUT2D eigenvalue weighted by molar-refractivity contribution is 0.00507. The number of ether oxygens (including phenoxy) is 2. The Kier molecular flexibility index (Phi) is 4.69. The van der Waals surface area contributed by atoms with Crippen molar-refractivity contribution in [2.75, 3.05) is 19.5 Å². The van der Waals surface area contributed by atoms with E-state index in [0.29, 0.717) is 24.1 Å². The first-order valence-corrected chi connectivity index (χ1v) is 5.78. The third-order valence-corrected chi connectivity index (χ3v) is 2.59. The molecule has 0 aromatic carbocycles. The van der Waals surface area contributed by atoms with Crippen LogP contribution in [0.2, 0.25) is 0 Å². The van der Waals surface area contributed by atoms with Crippen molar-refractivity contribution >= 4 is 5.82 Å². The molecule has 5 heteroatoms. The van der Waals surface area contributed by atoms with Gasteiger partial charge in [0.15, 0.2) is 0 Å². The number of rotatable bonds is 6. The van der Waals surface area contributed by atoms with Gasteiger partial charge in [0.05, 0.1) is 12.2 Å². The van der Waals surface area contributed by atoms with Crippen molar-refractivity contribution in [3.63, 3.8) is 0 Å². The molecule has 0 fully saturated rings. The Balaban J connectivity index is 2.55. The van der Waals surface area contributed by atoms with Gasteiger partial charge < -0.3 is 15.2 Å². The third-order valence-electron chi connectivity index (χ3n) is 2.59. The van der Waals surface area contributed by atoms with Gasteiger partial charge in [0.1, 0.15) is 11.6 Å². The van der Waals surface area contributed by atoms with E-state index in [1.54, 1.807) is 13.2 Å². The lowest BCUT2D eigenvalue weighted by Crippen LogP contribution is -2.25. The van der Waals surface area contributed by atoms with E-state index in [1.165, 1.54) is 0 Å². The van der Waals surface area contributed by atoms with Gasteiger partial charge in [-0.1, -0.05) is 6.92 Å². The fourth-order valence-corrected chi connectivity index (χ4v) is 1.23.